The average molecular weight is 694 g/mol. The lowest BCUT2D eigenvalue weighted by Crippen LogP contribution is -1.97. The van der Waals surface area contributed by atoms with Gasteiger partial charge in [-0.15, -0.1) is 11.3 Å². The summed E-state index contributed by atoms with van der Waals surface area (Å²) in [6.07, 6.45) is 0. The van der Waals surface area contributed by atoms with Gasteiger partial charge in [0, 0.05) is 37.5 Å². The largest absolute Gasteiger partial charge is 0.308 e. The minimum atomic E-state index is 0.940. The first-order chi connectivity index (χ1) is 26.3. The van der Waals surface area contributed by atoms with Gasteiger partial charge in [0.05, 0.1) is 32.5 Å². The Kier molecular flexibility index (Phi) is 6.73. The van der Waals surface area contributed by atoms with Crippen LogP contribution in [-0.2, 0) is 0 Å². The van der Waals surface area contributed by atoms with E-state index in [2.05, 4.69) is 197 Å². The van der Waals surface area contributed by atoms with E-state index in [0.717, 1.165) is 28.1 Å². The maximum Gasteiger partial charge on any atom is 0.145 e. The van der Waals surface area contributed by atoms with Crippen LogP contribution in [0.25, 0.3) is 98.0 Å². The van der Waals surface area contributed by atoms with Gasteiger partial charge >= 0.3 is 0 Å². The van der Waals surface area contributed by atoms with Gasteiger partial charge < -0.3 is 4.57 Å². The molecule has 3 aromatic heterocycles. The number of hydrogen-bond donors (Lipinski definition) is 0. The van der Waals surface area contributed by atoms with Gasteiger partial charge in [-0.2, -0.15) is 0 Å². The van der Waals surface area contributed by atoms with E-state index in [1.165, 1.54) is 69.9 Å². The van der Waals surface area contributed by atoms with E-state index < -0.39 is 0 Å². The topological polar surface area (TPSA) is 22.8 Å². The third-order valence-electron chi connectivity index (χ3n) is 10.6. The van der Waals surface area contributed by atoms with E-state index in [-0.39, 0.29) is 0 Å². The fourth-order valence-electron chi connectivity index (χ4n) is 8.11. The van der Waals surface area contributed by atoms with Crippen LogP contribution in [0.5, 0.6) is 0 Å². The van der Waals surface area contributed by atoms with Crippen LogP contribution in [-0.4, -0.2) is 14.1 Å². The highest BCUT2D eigenvalue weighted by Gasteiger charge is 2.19. The molecule has 0 amide bonds. The molecule has 0 N–H and O–H groups in total. The summed E-state index contributed by atoms with van der Waals surface area (Å²) >= 11 is 1.89. The van der Waals surface area contributed by atoms with Crippen molar-refractivity contribution in [3.63, 3.8) is 0 Å². The predicted octanol–water partition coefficient (Wildman–Crippen LogP) is 13.5. The molecule has 0 saturated carbocycles. The summed E-state index contributed by atoms with van der Waals surface area (Å²) in [5.41, 5.74) is 12.8. The van der Waals surface area contributed by atoms with Crippen molar-refractivity contribution in [1.82, 2.24) is 14.1 Å². The van der Waals surface area contributed by atoms with Gasteiger partial charge in [-0.05, 0) is 70.8 Å². The summed E-state index contributed by atoms with van der Waals surface area (Å²) in [7, 11) is 0. The van der Waals surface area contributed by atoms with E-state index in [1.54, 1.807) is 0 Å². The van der Waals surface area contributed by atoms with Gasteiger partial charge in [-0.25, -0.2) is 4.98 Å². The van der Waals surface area contributed by atoms with Crippen LogP contribution >= 0.6 is 11.3 Å². The number of benzene rings is 8. The minimum absolute atomic E-state index is 0.940. The van der Waals surface area contributed by atoms with E-state index in [4.69, 9.17) is 4.98 Å². The molecule has 0 bridgehead atoms. The molecule has 0 aliphatic rings. The SMILES string of the molecule is c1ccc(-c2ccc3c(c2)c2ccccc2n3-c2cccc3c2sc2c(-c4ccc(-c5nc6ccccc6n5-c5ccccc5)cc4)cccc23)cc1. The van der Waals surface area contributed by atoms with Crippen LogP contribution in [0.2, 0.25) is 0 Å². The number of hydrogen-bond acceptors (Lipinski definition) is 2. The van der Waals surface area contributed by atoms with Crippen molar-refractivity contribution in [2.24, 2.45) is 0 Å². The summed E-state index contributed by atoms with van der Waals surface area (Å²) < 4.78 is 7.31. The minimum Gasteiger partial charge on any atom is -0.308 e. The number of aromatic nitrogens is 3. The van der Waals surface area contributed by atoms with Crippen LogP contribution in [0.4, 0.5) is 0 Å². The van der Waals surface area contributed by atoms with Crippen LogP contribution in [0, 0.1) is 0 Å². The van der Waals surface area contributed by atoms with Crippen LogP contribution < -0.4 is 0 Å². The zero-order chi connectivity index (χ0) is 34.9. The molecule has 11 aromatic rings. The summed E-state index contributed by atoms with van der Waals surface area (Å²) in [5.74, 6) is 0.940. The third kappa shape index (κ3) is 4.70. The molecule has 3 heterocycles. The van der Waals surface area contributed by atoms with Gasteiger partial charge in [-0.3, -0.25) is 4.57 Å². The normalized spacial score (nSPS) is 11.8. The molecule has 0 unspecified atom stereocenters. The van der Waals surface area contributed by atoms with Crippen molar-refractivity contribution in [2.75, 3.05) is 0 Å². The summed E-state index contributed by atoms with van der Waals surface area (Å²) in [4.78, 5) is 5.10. The van der Waals surface area contributed by atoms with E-state index in [0.29, 0.717) is 0 Å². The van der Waals surface area contributed by atoms with Gasteiger partial charge in [-0.1, -0.05) is 140 Å². The predicted molar refractivity (Wildman–Crippen MR) is 225 cm³/mol. The van der Waals surface area contributed by atoms with Crippen molar-refractivity contribution in [3.05, 3.63) is 188 Å². The molecule has 0 aliphatic carbocycles. The molecular weight excluding hydrogens is 663 g/mol. The Morgan fingerprint density at radius 3 is 1.83 bits per heavy atom. The van der Waals surface area contributed by atoms with E-state index in [9.17, 15) is 0 Å². The highest BCUT2D eigenvalue weighted by molar-refractivity contribution is 7.26. The Bertz CT molecular complexity index is 3150. The fraction of sp³-hybridized carbons (Fsp3) is 0. The second-order valence-corrected chi connectivity index (χ2v) is 14.6. The van der Waals surface area contributed by atoms with Gasteiger partial charge in [0.2, 0.25) is 0 Å². The molecule has 0 atom stereocenters. The number of nitrogens with zero attached hydrogens (tertiary/aromatic N) is 3. The zero-order valence-electron chi connectivity index (χ0n) is 28.6. The highest BCUT2D eigenvalue weighted by atomic mass is 32.1. The van der Waals surface area contributed by atoms with Crippen molar-refractivity contribution in [2.45, 2.75) is 0 Å². The van der Waals surface area contributed by atoms with E-state index >= 15 is 0 Å². The maximum absolute atomic E-state index is 5.10. The third-order valence-corrected chi connectivity index (χ3v) is 11.8. The first-order valence-corrected chi connectivity index (χ1v) is 18.8. The summed E-state index contributed by atoms with van der Waals surface area (Å²) in [6.45, 7) is 0. The molecule has 0 spiro atoms. The smallest absolute Gasteiger partial charge is 0.145 e. The monoisotopic (exact) mass is 693 g/mol. The standard InChI is InChI=1S/C49H31N3S/c1-3-13-32(14-4-1)35-29-30-44-41(31-35)38-17-7-9-22-43(38)52(44)46-24-12-20-40-39-19-11-18-37(47(39)53-48(40)46)33-25-27-34(28-26-33)49-50-42-21-8-10-23-45(42)51(49)36-15-5-2-6-16-36/h1-31H. The Hall–Kier alpha value is -6.75. The van der Waals surface area contributed by atoms with Gasteiger partial charge in [0.1, 0.15) is 5.82 Å². The number of imidazole rings is 1. The zero-order valence-corrected chi connectivity index (χ0v) is 29.5. The van der Waals surface area contributed by atoms with Crippen LogP contribution in [0.1, 0.15) is 0 Å². The molecule has 3 nitrogen and oxygen atoms in total. The molecule has 53 heavy (non-hydrogen) atoms. The first-order valence-electron chi connectivity index (χ1n) is 18.0. The van der Waals surface area contributed by atoms with Gasteiger partial charge in [0.25, 0.3) is 0 Å². The van der Waals surface area contributed by atoms with E-state index in [1.807, 2.05) is 11.3 Å². The Balaban J connectivity index is 1.06. The highest BCUT2D eigenvalue weighted by Crippen LogP contribution is 2.44. The van der Waals surface area contributed by atoms with Crippen LogP contribution in [0.3, 0.4) is 0 Å². The molecule has 0 aliphatic heterocycles. The second kappa shape index (κ2) is 11.9. The van der Waals surface area contributed by atoms with Crippen molar-refractivity contribution < 1.29 is 0 Å². The number of para-hydroxylation sites is 4. The Labute approximate surface area is 310 Å². The molecule has 0 radical (unpaired) electrons. The Morgan fingerprint density at radius 2 is 1.00 bits per heavy atom. The average Bonchev–Trinajstić information content (AvgIpc) is 3.91. The molecular formula is C49H31N3S. The second-order valence-electron chi connectivity index (χ2n) is 13.6. The molecule has 0 saturated heterocycles. The van der Waals surface area contributed by atoms with Crippen molar-refractivity contribution in [3.8, 4) is 45.0 Å². The molecule has 248 valence electrons. The quantitative estimate of drug-likeness (QED) is 0.176. The number of fused-ring (bicyclic) bond motifs is 7. The number of thiophene rings is 1. The first kappa shape index (κ1) is 29.9. The lowest BCUT2D eigenvalue weighted by atomic mass is 10.0. The fourth-order valence-corrected chi connectivity index (χ4v) is 9.45. The van der Waals surface area contributed by atoms with Crippen molar-refractivity contribution in [1.29, 1.82) is 0 Å². The lowest BCUT2D eigenvalue weighted by Gasteiger charge is -2.10. The molecule has 8 aromatic carbocycles. The number of rotatable bonds is 5. The molecule has 0 fully saturated rings. The van der Waals surface area contributed by atoms with Crippen LogP contribution in [0.15, 0.2) is 188 Å². The van der Waals surface area contributed by atoms with Gasteiger partial charge in [0.15, 0.2) is 0 Å². The summed E-state index contributed by atoms with van der Waals surface area (Å²) in [5, 5.41) is 5.09. The lowest BCUT2D eigenvalue weighted by molar-refractivity contribution is 1.10. The molecule has 4 heteroatoms. The molecule has 11 rings (SSSR count). The Morgan fingerprint density at radius 1 is 0.377 bits per heavy atom. The maximum atomic E-state index is 5.10. The summed E-state index contributed by atoms with van der Waals surface area (Å²) in [6, 6.07) is 67.7. The van der Waals surface area contributed by atoms with Crippen molar-refractivity contribution >= 4 is 64.3 Å².